The molecule has 2 rings (SSSR count). The monoisotopic (exact) mass is 250 g/mol. The Morgan fingerprint density at radius 1 is 1.53 bits per heavy atom. The van der Waals surface area contributed by atoms with Gasteiger partial charge in [-0.05, 0) is 13.8 Å². The number of nitrogens with zero attached hydrogens (tertiary/aromatic N) is 2. The second-order valence-corrected chi connectivity index (χ2v) is 4.74. The molecule has 0 atom stereocenters. The Balaban J connectivity index is 1.83. The number of aromatic nitrogens is 3. The van der Waals surface area contributed by atoms with Crippen LogP contribution in [0.3, 0.4) is 0 Å². The smallest absolute Gasteiger partial charge is 0.254 e. The molecule has 0 bridgehead atoms. The standard InChI is InChI=1S/C11H14N4OS/c1-7-6-17-10(14-7)3-4-12-11(16)9-5-13-15-8(9)2/h5-6H,3-4H2,1-2H3,(H,12,16)(H,13,15). The highest BCUT2D eigenvalue weighted by atomic mass is 32.1. The number of aromatic amines is 1. The molecule has 0 spiro atoms. The molecule has 1 amide bonds. The van der Waals surface area contributed by atoms with E-state index in [4.69, 9.17) is 0 Å². The molecule has 0 fully saturated rings. The second-order valence-electron chi connectivity index (χ2n) is 3.80. The van der Waals surface area contributed by atoms with E-state index in [-0.39, 0.29) is 5.91 Å². The van der Waals surface area contributed by atoms with Crippen molar-refractivity contribution in [1.82, 2.24) is 20.5 Å². The summed E-state index contributed by atoms with van der Waals surface area (Å²) in [7, 11) is 0. The number of hydrogen-bond donors (Lipinski definition) is 2. The van der Waals surface area contributed by atoms with Crippen molar-refractivity contribution in [2.45, 2.75) is 20.3 Å². The summed E-state index contributed by atoms with van der Waals surface area (Å²) in [6.45, 7) is 4.38. The highest BCUT2D eigenvalue weighted by Gasteiger charge is 2.10. The Bertz CT molecular complexity index is 517. The molecule has 90 valence electrons. The molecule has 0 unspecified atom stereocenters. The van der Waals surface area contributed by atoms with Crippen molar-refractivity contribution in [3.8, 4) is 0 Å². The van der Waals surface area contributed by atoms with Crippen molar-refractivity contribution in [2.75, 3.05) is 6.54 Å². The lowest BCUT2D eigenvalue weighted by atomic mass is 10.2. The van der Waals surface area contributed by atoms with E-state index in [1.54, 1.807) is 11.3 Å². The fraction of sp³-hybridized carbons (Fsp3) is 0.364. The molecule has 2 aromatic rings. The van der Waals surface area contributed by atoms with E-state index in [0.717, 1.165) is 22.8 Å². The van der Waals surface area contributed by atoms with Crippen LogP contribution in [0, 0.1) is 13.8 Å². The molecular formula is C11H14N4OS. The zero-order chi connectivity index (χ0) is 12.3. The van der Waals surface area contributed by atoms with E-state index in [1.165, 1.54) is 6.20 Å². The van der Waals surface area contributed by atoms with Gasteiger partial charge >= 0.3 is 0 Å². The van der Waals surface area contributed by atoms with Gasteiger partial charge in [-0.3, -0.25) is 9.89 Å². The quantitative estimate of drug-likeness (QED) is 0.863. The fourth-order valence-electron chi connectivity index (χ4n) is 1.48. The largest absolute Gasteiger partial charge is 0.352 e. The minimum Gasteiger partial charge on any atom is -0.352 e. The Morgan fingerprint density at radius 2 is 2.35 bits per heavy atom. The number of carbonyl (C=O) groups is 1. The van der Waals surface area contributed by atoms with Gasteiger partial charge in [0.05, 0.1) is 16.8 Å². The summed E-state index contributed by atoms with van der Waals surface area (Å²) >= 11 is 1.62. The van der Waals surface area contributed by atoms with E-state index >= 15 is 0 Å². The van der Waals surface area contributed by atoms with Crippen molar-refractivity contribution in [3.05, 3.63) is 33.5 Å². The van der Waals surface area contributed by atoms with Gasteiger partial charge in [-0.1, -0.05) is 0 Å². The molecule has 2 N–H and O–H groups in total. The molecule has 2 heterocycles. The van der Waals surface area contributed by atoms with E-state index in [1.807, 2.05) is 19.2 Å². The fourth-order valence-corrected chi connectivity index (χ4v) is 2.25. The van der Waals surface area contributed by atoms with Gasteiger partial charge in [0.2, 0.25) is 0 Å². The maximum absolute atomic E-state index is 11.7. The van der Waals surface area contributed by atoms with E-state index in [0.29, 0.717) is 12.1 Å². The zero-order valence-corrected chi connectivity index (χ0v) is 10.6. The molecule has 0 radical (unpaired) electrons. The molecule has 0 aromatic carbocycles. The highest BCUT2D eigenvalue weighted by Crippen LogP contribution is 2.08. The van der Waals surface area contributed by atoms with Crippen molar-refractivity contribution < 1.29 is 4.79 Å². The number of rotatable bonds is 4. The molecule has 0 aliphatic rings. The number of thiazole rings is 1. The summed E-state index contributed by atoms with van der Waals surface area (Å²) in [4.78, 5) is 16.1. The molecule has 5 nitrogen and oxygen atoms in total. The molecule has 0 saturated carbocycles. The summed E-state index contributed by atoms with van der Waals surface area (Å²) in [6.07, 6.45) is 2.30. The third-order valence-electron chi connectivity index (χ3n) is 2.37. The topological polar surface area (TPSA) is 70.7 Å². The maximum atomic E-state index is 11.7. The predicted molar refractivity (Wildman–Crippen MR) is 66.2 cm³/mol. The van der Waals surface area contributed by atoms with Gasteiger partial charge < -0.3 is 5.32 Å². The zero-order valence-electron chi connectivity index (χ0n) is 9.78. The van der Waals surface area contributed by atoms with Crippen LogP contribution in [0.5, 0.6) is 0 Å². The molecule has 0 aliphatic carbocycles. The van der Waals surface area contributed by atoms with Crippen LogP contribution >= 0.6 is 11.3 Å². The molecule has 17 heavy (non-hydrogen) atoms. The van der Waals surface area contributed by atoms with Crippen LogP contribution < -0.4 is 5.32 Å². The highest BCUT2D eigenvalue weighted by molar-refractivity contribution is 7.09. The summed E-state index contributed by atoms with van der Waals surface area (Å²) in [5, 5.41) is 12.5. The van der Waals surface area contributed by atoms with Gasteiger partial charge in [0.25, 0.3) is 5.91 Å². The maximum Gasteiger partial charge on any atom is 0.254 e. The summed E-state index contributed by atoms with van der Waals surface area (Å²) in [5.74, 6) is -0.0930. The van der Waals surface area contributed by atoms with Crippen molar-refractivity contribution in [1.29, 1.82) is 0 Å². The van der Waals surface area contributed by atoms with Gasteiger partial charge in [-0.25, -0.2) is 4.98 Å². The minimum absolute atomic E-state index is 0.0930. The van der Waals surface area contributed by atoms with E-state index in [9.17, 15) is 4.79 Å². The van der Waals surface area contributed by atoms with Gasteiger partial charge in [-0.2, -0.15) is 5.10 Å². The van der Waals surface area contributed by atoms with Crippen LogP contribution in [-0.2, 0) is 6.42 Å². The number of nitrogens with one attached hydrogen (secondary N) is 2. The van der Waals surface area contributed by atoms with Crippen molar-refractivity contribution in [3.63, 3.8) is 0 Å². The van der Waals surface area contributed by atoms with Crippen molar-refractivity contribution >= 4 is 17.2 Å². The molecular weight excluding hydrogens is 236 g/mol. The number of aryl methyl sites for hydroxylation is 2. The Labute approximate surface area is 103 Å². The van der Waals surface area contributed by atoms with Crippen LogP contribution in [0.2, 0.25) is 0 Å². The molecule has 2 aromatic heterocycles. The van der Waals surface area contributed by atoms with Crippen molar-refractivity contribution in [2.24, 2.45) is 0 Å². The minimum atomic E-state index is -0.0930. The molecule has 0 saturated heterocycles. The molecule has 0 aliphatic heterocycles. The first-order chi connectivity index (χ1) is 8.16. The number of carbonyl (C=O) groups excluding carboxylic acids is 1. The number of H-pyrrole nitrogens is 1. The van der Waals surface area contributed by atoms with Crippen LogP contribution in [0.15, 0.2) is 11.6 Å². The SMILES string of the molecule is Cc1csc(CCNC(=O)c2cn[nH]c2C)n1. The summed E-state index contributed by atoms with van der Waals surface area (Å²) in [5.41, 5.74) is 2.41. The normalized spacial score (nSPS) is 10.5. The van der Waals surface area contributed by atoms with Crippen LogP contribution in [0.4, 0.5) is 0 Å². The average Bonchev–Trinajstić information content (AvgIpc) is 2.87. The third-order valence-corrected chi connectivity index (χ3v) is 3.39. The number of hydrogen-bond acceptors (Lipinski definition) is 4. The lowest BCUT2D eigenvalue weighted by molar-refractivity contribution is 0.0953. The summed E-state index contributed by atoms with van der Waals surface area (Å²) < 4.78 is 0. The first kappa shape index (κ1) is 11.8. The summed E-state index contributed by atoms with van der Waals surface area (Å²) in [6, 6.07) is 0. The first-order valence-electron chi connectivity index (χ1n) is 5.36. The van der Waals surface area contributed by atoms with Gasteiger partial charge in [0, 0.05) is 29.7 Å². The third kappa shape index (κ3) is 2.91. The lowest BCUT2D eigenvalue weighted by Crippen LogP contribution is -2.25. The van der Waals surface area contributed by atoms with E-state index < -0.39 is 0 Å². The Hall–Kier alpha value is -1.69. The first-order valence-corrected chi connectivity index (χ1v) is 6.24. The number of amides is 1. The van der Waals surface area contributed by atoms with E-state index in [2.05, 4.69) is 20.5 Å². The van der Waals surface area contributed by atoms with Crippen LogP contribution in [-0.4, -0.2) is 27.6 Å². The average molecular weight is 250 g/mol. The van der Waals surface area contributed by atoms with Gasteiger partial charge in [0.15, 0.2) is 0 Å². The van der Waals surface area contributed by atoms with Gasteiger partial charge in [0.1, 0.15) is 0 Å². The second kappa shape index (κ2) is 5.09. The molecule has 6 heteroatoms. The van der Waals surface area contributed by atoms with Gasteiger partial charge in [-0.15, -0.1) is 11.3 Å². The van der Waals surface area contributed by atoms with Crippen LogP contribution in [0.1, 0.15) is 26.8 Å². The lowest BCUT2D eigenvalue weighted by Gasteiger charge is -2.02. The Morgan fingerprint density at radius 3 is 2.94 bits per heavy atom. The Kier molecular flexibility index (Phi) is 3.53. The van der Waals surface area contributed by atoms with Crippen LogP contribution in [0.25, 0.3) is 0 Å². The predicted octanol–water partition coefficient (Wildman–Crippen LogP) is 1.46.